The van der Waals surface area contributed by atoms with Gasteiger partial charge in [-0.05, 0) is 30.9 Å². The molecule has 1 aliphatic rings. The molecule has 2 heterocycles. The number of piperidine rings is 1. The van der Waals surface area contributed by atoms with E-state index in [2.05, 4.69) is 16.8 Å². The highest BCUT2D eigenvalue weighted by molar-refractivity contribution is 5.98. The molecular formula is C16H18N2O2. The first kappa shape index (κ1) is 12.9. The maximum atomic E-state index is 11.5. The molecule has 1 aromatic heterocycles. The number of carboxylic acid groups (broad SMARTS) is 1. The van der Waals surface area contributed by atoms with Crippen LogP contribution in [0, 0.1) is 5.92 Å². The number of fused-ring (bicyclic) bond motifs is 1. The number of rotatable bonds is 2. The zero-order valence-corrected chi connectivity index (χ0v) is 11.5. The summed E-state index contributed by atoms with van der Waals surface area (Å²) in [4.78, 5) is 18.2. The molecule has 1 aromatic carbocycles. The molecule has 0 amide bonds. The van der Waals surface area contributed by atoms with E-state index in [0.29, 0.717) is 17.3 Å². The van der Waals surface area contributed by atoms with Gasteiger partial charge in [0.05, 0.1) is 5.52 Å². The van der Waals surface area contributed by atoms with Gasteiger partial charge in [0.1, 0.15) is 11.4 Å². The number of carbonyl (C=O) groups is 1. The first-order chi connectivity index (χ1) is 9.65. The van der Waals surface area contributed by atoms with Crippen LogP contribution in [0.2, 0.25) is 0 Å². The second-order valence-electron chi connectivity index (χ2n) is 5.55. The lowest BCUT2D eigenvalue weighted by atomic mass is 9.99. The average molecular weight is 270 g/mol. The Labute approximate surface area is 118 Å². The van der Waals surface area contributed by atoms with Crippen LogP contribution in [-0.4, -0.2) is 29.1 Å². The number of pyridine rings is 1. The summed E-state index contributed by atoms with van der Waals surface area (Å²) >= 11 is 0. The zero-order valence-electron chi connectivity index (χ0n) is 11.5. The van der Waals surface area contributed by atoms with Gasteiger partial charge in [0.25, 0.3) is 0 Å². The number of benzene rings is 1. The molecule has 4 nitrogen and oxygen atoms in total. The summed E-state index contributed by atoms with van der Waals surface area (Å²) < 4.78 is 0. The van der Waals surface area contributed by atoms with E-state index < -0.39 is 5.97 Å². The third-order valence-corrected chi connectivity index (χ3v) is 3.89. The first-order valence-corrected chi connectivity index (χ1v) is 7.03. The van der Waals surface area contributed by atoms with Crippen molar-refractivity contribution < 1.29 is 9.90 Å². The fraction of sp³-hybridized carbons (Fsp3) is 0.375. The lowest BCUT2D eigenvalue weighted by Gasteiger charge is -2.32. The Hall–Kier alpha value is -2.10. The van der Waals surface area contributed by atoms with Gasteiger partial charge < -0.3 is 10.0 Å². The van der Waals surface area contributed by atoms with Crippen molar-refractivity contribution in [1.29, 1.82) is 0 Å². The van der Waals surface area contributed by atoms with Crippen LogP contribution in [-0.2, 0) is 0 Å². The zero-order chi connectivity index (χ0) is 14.1. The predicted molar refractivity (Wildman–Crippen MR) is 79.3 cm³/mol. The molecule has 1 N–H and O–H groups in total. The normalized spacial score (nSPS) is 19.2. The molecule has 1 fully saturated rings. The highest BCUT2D eigenvalue weighted by atomic mass is 16.4. The number of hydrogen-bond donors (Lipinski definition) is 1. The van der Waals surface area contributed by atoms with Gasteiger partial charge in [-0.25, -0.2) is 9.78 Å². The number of nitrogens with zero attached hydrogens (tertiary/aromatic N) is 2. The van der Waals surface area contributed by atoms with Gasteiger partial charge in [0.15, 0.2) is 0 Å². The molecule has 2 aromatic rings. The van der Waals surface area contributed by atoms with Gasteiger partial charge in [-0.2, -0.15) is 0 Å². The Balaban J connectivity index is 2.11. The number of carboxylic acids is 1. The molecular weight excluding hydrogens is 252 g/mol. The van der Waals surface area contributed by atoms with Gasteiger partial charge in [-0.3, -0.25) is 0 Å². The summed E-state index contributed by atoms with van der Waals surface area (Å²) in [6.45, 7) is 3.97. The van der Waals surface area contributed by atoms with E-state index >= 15 is 0 Å². The molecule has 0 aliphatic carbocycles. The second kappa shape index (κ2) is 5.12. The highest BCUT2D eigenvalue weighted by Gasteiger charge is 2.23. The SMILES string of the molecule is CC1CCCN(c2nc3ccccc3cc2C(=O)O)C1. The molecule has 0 saturated carbocycles. The Morgan fingerprint density at radius 1 is 1.40 bits per heavy atom. The van der Waals surface area contributed by atoms with Crippen LogP contribution >= 0.6 is 0 Å². The van der Waals surface area contributed by atoms with Crippen molar-refractivity contribution in [3.05, 3.63) is 35.9 Å². The molecule has 0 spiro atoms. The smallest absolute Gasteiger partial charge is 0.339 e. The first-order valence-electron chi connectivity index (χ1n) is 7.03. The van der Waals surface area contributed by atoms with Crippen molar-refractivity contribution >= 4 is 22.7 Å². The van der Waals surface area contributed by atoms with E-state index in [4.69, 9.17) is 0 Å². The van der Waals surface area contributed by atoms with Gasteiger partial charge in [0.2, 0.25) is 0 Å². The third-order valence-electron chi connectivity index (χ3n) is 3.89. The van der Waals surface area contributed by atoms with E-state index in [1.165, 1.54) is 6.42 Å². The monoisotopic (exact) mass is 270 g/mol. The van der Waals surface area contributed by atoms with E-state index in [1.807, 2.05) is 24.3 Å². The minimum absolute atomic E-state index is 0.304. The summed E-state index contributed by atoms with van der Waals surface area (Å²) in [5, 5.41) is 10.3. The Kier molecular flexibility index (Phi) is 3.30. The van der Waals surface area contributed by atoms with Crippen molar-refractivity contribution in [3.8, 4) is 0 Å². The quantitative estimate of drug-likeness (QED) is 0.910. The van der Waals surface area contributed by atoms with Gasteiger partial charge >= 0.3 is 5.97 Å². The van der Waals surface area contributed by atoms with Crippen LogP contribution < -0.4 is 4.90 Å². The van der Waals surface area contributed by atoms with Crippen molar-refractivity contribution in [2.24, 2.45) is 5.92 Å². The number of anilines is 1. The van der Waals surface area contributed by atoms with Gasteiger partial charge in [0, 0.05) is 18.5 Å². The summed E-state index contributed by atoms with van der Waals surface area (Å²) in [6, 6.07) is 9.39. The Morgan fingerprint density at radius 3 is 2.95 bits per heavy atom. The Morgan fingerprint density at radius 2 is 2.20 bits per heavy atom. The standard InChI is InChI=1S/C16H18N2O2/c1-11-5-4-8-18(10-11)15-13(16(19)20)9-12-6-2-3-7-14(12)17-15/h2-3,6-7,9,11H,4-5,8,10H2,1H3,(H,19,20). The number of hydrogen-bond acceptors (Lipinski definition) is 3. The lowest BCUT2D eigenvalue weighted by Crippen LogP contribution is -2.35. The molecule has 104 valence electrons. The molecule has 1 atom stereocenters. The van der Waals surface area contributed by atoms with Gasteiger partial charge in [-0.15, -0.1) is 0 Å². The fourth-order valence-electron chi connectivity index (χ4n) is 2.89. The summed E-state index contributed by atoms with van der Waals surface area (Å²) in [5.41, 5.74) is 1.16. The molecule has 1 saturated heterocycles. The van der Waals surface area contributed by atoms with Crippen molar-refractivity contribution in [2.45, 2.75) is 19.8 Å². The Bertz CT molecular complexity index is 654. The highest BCUT2D eigenvalue weighted by Crippen LogP contribution is 2.27. The molecule has 4 heteroatoms. The number of aromatic nitrogens is 1. The third kappa shape index (κ3) is 2.33. The summed E-state index contributed by atoms with van der Waals surface area (Å²) in [6.07, 6.45) is 2.29. The van der Waals surface area contributed by atoms with Crippen LogP contribution in [0.4, 0.5) is 5.82 Å². The van der Waals surface area contributed by atoms with E-state index in [9.17, 15) is 9.90 Å². The fourth-order valence-corrected chi connectivity index (χ4v) is 2.89. The van der Waals surface area contributed by atoms with Crippen LogP contribution in [0.3, 0.4) is 0 Å². The topological polar surface area (TPSA) is 53.4 Å². The number of aromatic carboxylic acids is 1. The summed E-state index contributed by atoms with van der Waals surface area (Å²) in [5.74, 6) is 0.290. The minimum atomic E-state index is -0.906. The van der Waals surface area contributed by atoms with Crippen LogP contribution in [0.15, 0.2) is 30.3 Å². The molecule has 1 aliphatic heterocycles. The van der Waals surface area contributed by atoms with Crippen LogP contribution in [0.5, 0.6) is 0 Å². The van der Waals surface area contributed by atoms with Gasteiger partial charge in [-0.1, -0.05) is 25.1 Å². The lowest BCUT2D eigenvalue weighted by molar-refractivity contribution is 0.0697. The minimum Gasteiger partial charge on any atom is -0.478 e. The van der Waals surface area contributed by atoms with Crippen LogP contribution in [0.1, 0.15) is 30.1 Å². The largest absolute Gasteiger partial charge is 0.478 e. The maximum Gasteiger partial charge on any atom is 0.339 e. The van der Waals surface area contributed by atoms with Crippen molar-refractivity contribution in [1.82, 2.24) is 4.98 Å². The second-order valence-corrected chi connectivity index (χ2v) is 5.55. The molecule has 3 rings (SSSR count). The molecule has 0 bridgehead atoms. The predicted octanol–water partition coefficient (Wildman–Crippen LogP) is 3.17. The van der Waals surface area contributed by atoms with E-state index in [1.54, 1.807) is 6.07 Å². The van der Waals surface area contributed by atoms with E-state index in [0.717, 1.165) is 30.4 Å². The number of para-hydroxylation sites is 1. The summed E-state index contributed by atoms with van der Waals surface area (Å²) in [7, 11) is 0. The van der Waals surface area contributed by atoms with Crippen molar-refractivity contribution in [2.75, 3.05) is 18.0 Å². The maximum absolute atomic E-state index is 11.5. The van der Waals surface area contributed by atoms with Crippen LogP contribution in [0.25, 0.3) is 10.9 Å². The molecule has 0 radical (unpaired) electrons. The van der Waals surface area contributed by atoms with Crippen molar-refractivity contribution in [3.63, 3.8) is 0 Å². The van der Waals surface area contributed by atoms with E-state index in [-0.39, 0.29) is 0 Å². The average Bonchev–Trinajstić information content (AvgIpc) is 2.46. The molecule has 20 heavy (non-hydrogen) atoms. The molecule has 1 unspecified atom stereocenters.